The predicted molar refractivity (Wildman–Crippen MR) is 54.8 cm³/mol. The normalized spacial score (nSPS) is 14.8. The Morgan fingerprint density at radius 2 is 1.75 bits per heavy atom. The largest absolute Gasteiger partial charge is 0.497 e. The van der Waals surface area contributed by atoms with Crippen molar-refractivity contribution < 1.29 is 21.6 Å². The summed E-state index contributed by atoms with van der Waals surface area (Å²) in [7, 11) is -5.24. The van der Waals surface area contributed by atoms with Crippen molar-refractivity contribution in [1.82, 2.24) is 0 Å². The molecule has 0 saturated carbocycles. The van der Waals surface area contributed by atoms with Gasteiger partial charge in [-0.1, -0.05) is 29.8 Å². The fourth-order valence-corrected chi connectivity index (χ4v) is 2.48. The molecule has 0 bridgehead atoms. The maximum absolute atomic E-state index is 12.3. The monoisotopic (exact) mass is 272 g/mol. The molecule has 0 saturated heterocycles. The van der Waals surface area contributed by atoms with Crippen LogP contribution in [0.25, 0.3) is 0 Å². The van der Waals surface area contributed by atoms with Gasteiger partial charge in [0.2, 0.25) is 0 Å². The lowest BCUT2D eigenvalue weighted by atomic mass is 10.2. The van der Waals surface area contributed by atoms with Crippen LogP contribution in [0.4, 0.5) is 13.2 Å². The molecule has 0 aromatic heterocycles. The number of alkyl halides is 3. The first-order chi connectivity index (χ1) is 7.18. The summed E-state index contributed by atoms with van der Waals surface area (Å²) in [5, 5.41) is -1.70. The van der Waals surface area contributed by atoms with Crippen molar-refractivity contribution in [1.29, 1.82) is 0 Å². The van der Waals surface area contributed by atoms with Gasteiger partial charge in [-0.05, 0) is 18.6 Å². The van der Waals surface area contributed by atoms with Crippen LogP contribution in [0, 0.1) is 0 Å². The quantitative estimate of drug-likeness (QED) is 0.827. The summed E-state index contributed by atoms with van der Waals surface area (Å²) in [5.41, 5.74) is -5.33. The third-order valence-electron chi connectivity index (χ3n) is 2.13. The highest BCUT2D eigenvalue weighted by atomic mass is 35.5. The van der Waals surface area contributed by atoms with E-state index in [-0.39, 0.29) is 10.6 Å². The Balaban J connectivity index is 3.24. The molecule has 1 aromatic rings. The Hall–Kier alpha value is -0.750. The molecule has 0 fully saturated rings. The van der Waals surface area contributed by atoms with E-state index in [9.17, 15) is 21.6 Å². The van der Waals surface area contributed by atoms with Gasteiger partial charge >= 0.3 is 5.51 Å². The van der Waals surface area contributed by atoms with E-state index in [1.807, 2.05) is 0 Å². The molecule has 16 heavy (non-hydrogen) atoms. The maximum Gasteiger partial charge on any atom is 0.497 e. The lowest BCUT2D eigenvalue weighted by molar-refractivity contribution is -0.0443. The van der Waals surface area contributed by atoms with Gasteiger partial charge in [0, 0.05) is 5.02 Å². The lowest BCUT2D eigenvalue weighted by Crippen LogP contribution is -2.27. The summed E-state index contributed by atoms with van der Waals surface area (Å²) >= 11 is 5.64. The maximum atomic E-state index is 12.3. The SMILES string of the molecule is CC(c1ccccc1Cl)S(=O)(=O)C(F)(F)F. The highest BCUT2D eigenvalue weighted by Gasteiger charge is 2.49. The highest BCUT2D eigenvalue weighted by Crippen LogP contribution is 2.37. The van der Waals surface area contributed by atoms with E-state index < -0.39 is 20.6 Å². The second-order valence-electron chi connectivity index (χ2n) is 3.15. The average Bonchev–Trinajstić information content (AvgIpc) is 2.15. The number of rotatable bonds is 2. The first-order valence-corrected chi connectivity index (χ1v) is 6.15. The number of sulfone groups is 1. The van der Waals surface area contributed by atoms with Crippen molar-refractivity contribution >= 4 is 21.4 Å². The molecule has 90 valence electrons. The van der Waals surface area contributed by atoms with Crippen LogP contribution in [-0.4, -0.2) is 13.9 Å². The van der Waals surface area contributed by atoms with Crippen LogP contribution in [0.2, 0.25) is 5.02 Å². The van der Waals surface area contributed by atoms with Crippen molar-refractivity contribution in [2.75, 3.05) is 0 Å². The molecule has 1 unspecified atom stereocenters. The van der Waals surface area contributed by atoms with Gasteiger partial charge in [0.25, 0.3) is 9.84 Å². The molecule has 0 spiro atoms. The fourth-order valence-electron chi connectivity index (χ4n) is 1.17. The van der Waals surface area contributed by atoms with Crippen molar-refractivity contribution in [3.05, 3.63) is 34.9 Å². The van der Waals surface area contributed by atoms with Gasteiger partial charge in [0.05, 0.1) is 5.25 Å². The molecule has 7 heteroatoms. The number of benzene rings is 1. The second-order valence-corrected chi connectivity index (χ2v) is 5.82. The molecule has 1 aromatic carbocycles. The van der Waals surface area contributed by atoms with Crippen LogP contribution in [-0.2, 0) is 9.84 Å². The molecule has 2 nitrogen and oxygen atoms in total. The van der Waals surface area contributed by atoms with Gasteiger partial charge in [-0.25, -0.2) is 8.42 Å². The number of hydrogen-bond donors (Lipinski definition) is 0. The molecule has 0 aliphatic heterocycles. The van der Waals surface area contributed by atoms with E-state index in [1.165, 1.54) is 24.3 Å². The van der Waals surface area contributed by atoms with Gasteiger partial charge in [0.15, 0.2) is 0 Å². The summed E-state index contributed by atoms with van der Waals surface area (Å²) in [5.74, 6) is 0. The van der Waals surface area contributed by atoms with Gasteiger partial charge in [0.1, 0.15) is 0 Å². The van der Waals surface area contributed by atoms with Crippen LogP contribution >= 0.6 is 11.6 Å². The lowest BCUT2D eigenvalue weighted by Gasteiger charge is -2.16. The summed E-state index contributed by atoms with van der Waals surface area (Å²) < 4.78 is 59.1. The van der Waals surface area contributed by atoms with Crippen molar-refractivity contribution in [2.45, 2.75) is 17.7 Å². The predicted octanol–water partition coefficient (Wildman–Crippen LogP) is 3.34. The summed E-state index contributed by atoms with van der Waals surface area (Å²) in [6.45, 7) is 0.962. The molecule has 0 heterocycles. The molecule has 1 rings (SSSR count). The molecular weight excluding hydrogens is 265 g/mol. The summed E-state index contributed by atoms with van der Waals surface area (Å²) in [4.78, 5) is 0. The zero-order valence-corrected chi connectivity index (χ0v) is 9.70. The topological polar surface area (TPSA) is 34.1 Å². The van der Waals surface area contributed by atoms with E-state index >= 15 is 0 Å². The zero-order chi connectivity index (χ0) is 12.6. The van der Waals surface area contributed by atoms with E-state index in [2.05, 4.69) is 0 Å². The Bertz CT molecular complexity index is 482. The Kier molecular flexibility index (Phi) is 3.54. The Morgan fingerprint density at radius 1 is 1.25 bits per heavy atom. The minimum atomic E-state index is -5.27. The van der Waals surface area contributed by atoms with Crippen molar-refractivity contribution in [3.63, 3.8) is 0 Å². The van der Waals surface area contributed by atoms with E-state index in [4.69, 9.17) is 11.6 Å². The van der Waals surface area contributed by atoms with Crippen LogP contribution in [0.15, 0.2) is 24.3 Å². The zero-order valence-electron chi connectivity index (χ0n) is 8.12. The summed E-state index contributed by atoms with van der Waals surface area (Å²) in [6, 6.07) is 5.55. The van der Waals surface area contributed by atoms with Crippen LogP contribution < -0.4 is 0 Å². The minimum absolute atomic E-state index is 0.00262. The number of halogens is 4. The van der Waals surface area contributed by atoms with Crippen molar-refractivity contribution in [3.8, 4) is 0 Å². The molecule has 0 aliphatic carbocycles. The first kappa shape index (κ1) is 13.3. The van der Waals surface area contributed by atoms with Gasteiger partial charge in [-0.3, -0.25) is 0 Å². The van der Waals surface area contributed by atoms with E-state index in [1.54, 1.807) is 0 Å². The molecule has 0 radical (unpaired) electrons. The van der Waals surface area contributed by atoms with E-state index in [0.717, 1.165) is 6.92 Å². The van der Waals surface area contributed by atoms with Gasteiger partial charge < -0.3 is 0 Å². The minimum Gasteiger partial charge on any atom is -0.219 e. The van der Waals surface area contributed by atoms with Crippen LogP contribution in [0.1, 0.15) is 17.7 Å². The third-order valence-corrected chi connectivity index (χ3v) is 4.31. The van der Waals surface area contributed by atoms with E-state index in [0.29, 0.717) is 0 Å². The first-order valence-electron chi connectivity index (χ1n) is 4.22. The highest BCUT2D eigenvalue weighted by molar-refractivity contribution is 7.92. The van der Waals surface area contributed by atoms with Crippen LogP contribution in [0.5, 0.6) is 0 Å². The third kappa shape index (κ3) is 2.32. The molecular formula is C9H8ClF3O2S. The molecule has 0 amide bonds. The smallest absolute Gasteiger partial charge is 0.219 e. The second kappa shape index (κ2) is 4.25. The van der Waals surface area contributed by atoms with Crippen molar-refractivity contribution in [2.24, 2.45) is 0 Å². The Labute approximate surface area is 96.0 Å². The molecule has 0 aliphatic rings. The summed E-state index contributed by atoms with van der Waals surface area (Å²) in [6.07, 6.45) is 0. The molecule has 0 N–H and O–H groups in total. The molecule has 1 atom stereocenters. The average molecular weight is 273 g/mol. The number of hydrogen-bond acceptors (Lipinski definition) is 2. The van der Waals surface area contributed by atoms with Gasteiger partial charge in [-0.2, -0.15) is 13.2 Å². The van der Waals surface area contributed by atoms with Crippen LogP contribution in [0.3, 0.4) is 0 Å². The standard InChI is InChI=1S/C9H8ClF3O2S/c1-6(16(14,15)9(11,12)13)7-4-2-3-5-8(7)10/h2-6H,1H3. The van der Waals surface area contributed by atoms with Gasteiger partial charge in [-0.15, -0.1) is 0 Å². The fraction of sp³-hybridized carbons (Fsp3) is 0.333. The Morgan fingerprint density at radius 3 is 2.19 bits per heavy atom.